The van der Waals surface area contributed by atoms with E-state index in [0.29, 0.717) is 12.1 Å². The lowest BCUT2D eigenvalue weighted by Gasteiger charge is -2.17. The largest absolute Gasteiger partial charge is 0.417 e. The Morgan fingerprint density at radius 3 is 1.08 bits per heavy atom. The molecule has 0 aliphatic heterocycles. The highest BCUT2D eigenvalue weighted by molar-refractivity contribution is 5.96. The molecule has 0 heterocycles. The molecule has 37 heavy (non-hydrogen) atoms. The third-order valence-corrected chi connectivity index (χ3v) is 4.69. The van der Waals surface area contributed by atoms with Crippen LogP contribution in [0.1, 0.15) is 39.8 Å². The van der Waals surface area contributed by atoms with E-state index in [2.05, 4.69) is 0 Å². The summed E-state index contributed by atoms with van der Waals surface area (Å²) in [4.78, 5) is 23.7. The number of hydrogen-bond donors (Lipinski definition) is 2. The molecule has 204 valence electrons. The summed E-state index contributed by atoms with van der Waals surface area (Å²) in [6, 6.07) is 2.06. The van der Waals surface area contributed by atoms with Gasteiger partial charge in [-0.2, -0.15) is 52.7 Å². The van der Waals surface area contributed by atoms with Gasteiger partial charge in [-0.15, -0.1) is 0 Å². The zero-order valence-electron chi connectivity index (χ0n) is 17.9. The van der Waals surface area contributed by atoms with E-state index in [1.165, 1.54) is 0 Å². The molecule has 0 aliphatic rings. The van der Waals surface area contributed by atoms with Gasteiger partial charge >= 0.3 is 24.7 Å². The molecule has 0 aliphatic carbocycles. The van der Waals surface area contributed by atoms with Gasteiger partial charge in [-0.1, -0.05) is 12.1 Å². The van der Waals surface area contributed by atoms with Crippen molar-refractivity contribution in [3.05, 3.63) is 69.8 Å². The van der Waals surface area contributed by atoms with Crippen LogP contribution in [0.2, 0.25) is 0 Å². The molecular formula is C21H14F12N2O2. The van der Waals surface area contributed by atoms with Crippen LogP contribution in [0.3, 0.4) is 0 Å². The highest BCUT2D eigenvalue weighted by atomic mass is 19.4. The Morgan fingerprint density at radius 2 is 0.811 bits per heavy atom. The van der Waals surface area contributed by atoms with Crippen molar-refractivity contribution < 1.29 is 62.3 Å². The van der Waals surface area contributed by atoms with Crippen molar-refractivity contribution >= 4 is 11.8 Å². The van der Waals surface area contributed by atoms with Crippen LogP contribution in [0.5, 0.6) is 0 Å². The molecule has 0 bridgehead atoms. The first-order chi connectivity index (χ1) is 16.7. The van der Waals surface area contributed by atoms with Gasteiger partial charge in [-0.25, -0.2) is 0 Å². The van der Waals surface area contributed by atoms with Gasteiger partial charge in [0.15, 0.2) is 0 Å². The Balaban J connectivity index is 2.00. The highest BCUT2D eigenvalue weighted by Gasteiger charge is 2.44. The van der Waals surface area contributed by atoms with Crippen LogP contribution >= 0.6 is 0 Å². The second-order valence-electron chi connectivity index (χ2n) is 7.48. The lowest BCUT2D eigenvalue weighted by atomic mass is 10.0. The quantitative estimate of drug-likeness (QED) is 0.336. The van der Waals surface area contributed by atoms with E-state index in [4.69, 9.17) is 0 Å². The van der Waals surface area contributed by atoms with Gasteiger partial charge < -0.3 is 10.6 Å². The monoisotopic (exact) mass is 554 g/mol. The number of halogens is 12. The van der Waals surface area contributed by atoms with E-state index in [1.807, 2.05) is 10.6 Å². The van der Waals surface area contributed by atoms with E-state index in [9.17, 15) is 62.3 Å². The number of benzene rings is 2. The summed E-state index contributed by atoms with van der Waals surface area (Å²) >= 11 is 0. The standard InChI is InChI=1S/C21H14F12N2O2/c22-18(23,24)12-3-1-10(5-14(12)20(28,29)30)8-34-16(36)7-17(37)35-9-11-2-4-13(19(25,26)27)15(6-11)21(31,32)33/h1-6H,7-9H2,(H,34,36)(H,35,37). The normalized spacial score (nSPS) is 12.9. The average Bonchev–Trinajstić information content (AvgIpc) is 2.73. The van der Waals surface area contributed by atoms with Crippen LogP contribution in [-0.4, -0.2) is 11.8 Å². The van der Waals surface area contributed by atoms with Crippen LogP contribution in [0.25, 0.3) is 0 Å². The Morgan fingerprint density at radius 1 is 0.514 bits per heavy atom. The maximum Gasteiger partial charge on any atom is 0.417 e. The van der Waals surface area contributed by atoms with Crippen LogP contribution in [0.4, 0.5) is 52.7 Å². The number of alkyl halides is 12. The Kier molecular flexibility index (Phi) is 8.44. The molecule has 4 nitrogen and oxygen atoms in total. The minimum absolute atomic E-state index is 0.173. The van der Waals surface area contributed by atoms with Crippen molar-refractivity contribution in [1.29, 1.82) is 0 Å². The molecule has 16 heteroatoms. The topological polar surface area (TPSA) is 58.2 Å². The third kappa shape index (κ3) is 8.28. The number of nitrogens with one attached hydrogen (secondary N) is 2. The number of rotatable bonds is 6. The molecular weight excluding hydrogens is 540 g/mol. The van der Waals surface area contributed by atoms with Gasteiger partial charge in [0, 0.05) is 13.1 Å². The zero-order chi connectivity index (χ0) is 28.4. The lowest BCUT2D eigenvalue weighted by Crippen LogP contribution is -2.31. The van der Waals surface area contributed by atoms with E-state index < -0.39 is 78.3 Å². The summed E-state index contributed by atoms with van der Waals surface area (Å²) in [5.74, 6) is -2.20. The maximum absolute atomic E-state index is 13.0. The van der Waals surface area contributed by atoms with E-state index in [-0.39, 0.29) is 35.4 Å². The molecule has 2 rings (SSSR count). The number of hydrogen-bond acceptors (Lipinski definition) is 2. The smallest absolute Gasteiger partial charge is 0.352 e. The van der Waals surface area contributed by atoms with Gasteiger partial charge in [0.05, 0.1) is 22.3 Å². The zero-order valence-corrected chi connectivity index (χ0v) is 17.9. The second-order valence-corrected chi connectivity index (χ2v) is 7.48. The summed E-state index contributed by atoms with van der Waals surface area (Å²) in [6.07, 6.45) is -22.3. The molecule has 2 aromatic carbocycles. The van der Waals surface area contributed by atoms with Gasteiger partial charge in [0.1, 0.15) is 6.42 Å². The molecule has 0 saturated carbocycles. The summed E-state index contributed by atoms with van der Waals surface area (Å²) in [7, 11) is 0. The predicted molar refractivity (Wildman–Crippen MR) is 101 cm³/mol. The van der Waals surface area contributed by atoms with Crippen LogP contribution < -0.4 is 10.6 Å². The first-order valence-electron chi connectivity index (χ1n) is 9.77. The maximum atomic E-state index is 13.0. The van der Waals surface area contributed by atoms with Gasteiger partial charge in [-0.3, -0.25) is 9.59 Å². The lowest BCUT2D eigenvalue weighted by molar-refractivity contribution is -0.162. The SMILES string of the molecule is O=C(CC(=O)NCc1ccc(C(F)(F)F)c(C(F)(F)F)c1)NCc1ccc(C(F)(F)F)c(C(F)(F)F)c1. The summed E-state index contributed by atoms with van der Waals surface area (Å²) in [5, 5.41) is 3.99. The third-order valence-electron chi connectivity index (χ3n) is 4.69. The first-order valence-corrected chi connectivity index (χ1v) is 9.77. The Bertz CT molecular complexity index is 1060. The molecule has 0 atom stereocenters. The summed E-state index contributed by atoms with van der Waals surface area (Å²) in [5.41, 5.74) is -8.60. The Labute approximate surface area is 199 Å². The highest BCUT2D eigenvalue weighted by Crippen LogP contribution is 2.41. The van der Waals surface area contributed by atoms with Crippen molar-refractivity contribution in [2.24, 2.45) is 0 Å². The van der Waals surface area contributed by atoms with E-state index >= 15 is 0 Å². The average molecular weight is 554 g/mol. The molecule has 0 radical (unpaired) electrons. The van der Waals surface area contributed by atoms with Gasteiger partial charge in [0.2, 0.25) is 11.8 Å². The van der Waals surface area contributed by atoms with Gasteiger partial charge in [0.25, 0.3) is 0 Å². The molecule has 2 aromatic rings. The fourth-order valence-electron chi connectivity index (χ4n) is 3.04. The van der Waals surface area contributed by atoms with E-state index in [0.717, 1.165) is 0 Å². The first kappa shape index (κ1) is 29.8. The minimum atomic E-state index is -5.35. The molecule has 0 aromatic heterocycles. The van der Waals surface area contributed by atoms with Crippen molar-refractivity contribution in [2.45, 2.75) is 44.2 Å². The van der Waals surface area contributed by atoms with Crippen LogP contribution in [0, 0.1) is 0 Å². The predicted octanol–water partition coefficient (Wildman–Crippen LogP) is 6.08. The Hall–Kier alpha value is -3.46. The number of amides is 2. The van der Waals surface area contributed by atoms with Crippen molar-refractivity contribution in [3.63, 3.8) is 0 Å². The van der Waals surface area contributed by atoms with Crippen LogP contribution in [0.15, 0.2) is 36.4 Å². The molecule has 0 fully saturated rings. The molecule has 2 N–H and O–H groups in total. The van der Waals surface area contributed by atoms with Crippen molar-refractivity contribution in [3.8, 4) is 0 Å². The molecule has 2 amide bonds. The summed E-state index contributed by atoms with van der Waals surface area (Å²) in [6.45, 7) is -1.39. The van der Waals surface area contributed by atoms with E-state index in [1.54, 1.807) is 0 Å². The van der Waals surface area contributed by atoms with Crippen LogP contribution in [-0.2, 0) is 47.4 Å². The number of carbonyl (C=O) groups is 2. The fraction of sp³-hybridized carbons (Fsp3) is 0.333. The molecule has 0 unspecified atom stereocenters. The molecule has 0 spiro atoms. The van der Waals surface area contributed by atoms with Crippen molar-refractivity contribution in [2.75, 3.05) is 0 Å². The number of carbonyl (C=O) groups excluding carboxylic acids is 2. The second kappa shape index (κ2) is 10.5. The van der Waals surface area contributed by atoms with Crippen molar-refractivity contribution in [1.82, 2.24) is 10.6 Å². The minimum Gasteiger partial charge on any atom is -0.352 e. The molecule has 0 saturated heterocycles. The summed E-state index contributed by atoms with van der Waals surface area (Å²) < 4.78 is 155. The fourth-order valence-corrected chi connectivity index (χ4v) is 3.04. The van der Waals surface area contributed by atoms with Gasteiger partial charge in [-0.05, 0) is 35.4 Å².